The first kappa shape index (κ1) is 20.2. The lowest BCUT2D eigenvalue weighted by Gasteiger charge is -2.05. The fourth-order valence-electron chi connectivity index (χ4n) is 2.25. The molecule has 0 fully saturated rings. The standard InChI is InChI=1S/C21H25N3O3/c1-3-4-12-27-19-10-8-17(9-11-19)14-23-24-20(25)15-22-21(26)18-7-5-6-16(2)13-18/h5-11,13-14H,3-4,12,15H2,1-2H3,(H,22,26)(H,24,25)/b23-14-. The number of ether oxygens (including phenoxy) is 1. The SMILES string of the molecule is CCCCOc1ccc(/C=N\NC(=O)CNC(=O)c2cccc(C)c2)cc1. The van der Waals surface area contributed by atoms with E-state index in [-0.39, 0.29) is 12.5 Å². The van der Waals surface area contributed by atoms with Crippen molar-refractivity contribution in [2.24, 2.45) is 5.10 Å². The molecule has 0 spiro atoms. The van der Waals surface area contributed by atoms with Gasteiger partial charge in [0, 0.05) is 5.56 Å². The molecular formula is C21H25N3O3. The molecule has 2 N–H and O–H groups in total. The number of aryl methyl sites for hydroxylation is 1. The van der Waals surface area contributed by atoms with Crippen LogP contribution in [0.3, 0.4) is 0 Å². The first-order chi connectivity index (χ1) is 13.1. The number of unbranched alkanes of at least 4 members (excludes halogenated alkanes) is 1. The second kappa shape index (κ2) is 10.8. The van der Waals surface area contributed by atoms with Crippen molar-refractivity contribution in [3.8, 4) is 5.75 Å². The molecule has 6 nitrogen and oxygen atoms in total. The van der Waals surface area contributed by atoms with E-state index < -0.39 is 5.91 Å². The third-order valence-electron chi connectivity index (χ3n) is 3.74. The highest BCUT2D eigenvalue weighted by Crippen LogP contribution is 2.11. The van der Waals surface area contributed by atoms with Gasteiger partial charge in [0.2, 0.25) is 0 Å². The molecule has 6 heteroatoms. The van der Waals surface area contributed by atoms with E-state index in [4.69, 9.17) is 4.74 Å². The van der Waals surface area contributed by atoms with Gasteiger partial charge in [-0.15, -0.1) is 0 Å². The van der Waals surface area contributed by atoms with Crippen LogP contribution in [-0.4, -0.2) is 31.2 Å². The maximum Gasteiger partial charge on any atom is 0.259 e. The maximum atomic E-state index is 12.0. The van der Waals surface area contributed by atoms with Crippen molar-refractivity contribution in [3.63, 3.8) is 0 Å². The molecule has 0 heterocycles. The molecule has 0 bridgehead atoms. The van der Waals surface area contributed by atoms with E-state index in [0.717, 1.165) is 29.7 Å². The van der Waals surface area contributed by atoms with E-state index in [1.54, 1.807) is 18.2 Å². The average Bonchev–Trinajstić information content (AvgIpc) is 2.67. The summed E-state index contributed by atoms with van der Waals surface area (Å²) in [6, 6.07) is 14.6. The number of amides is 2. The number of hydrogen-bond donors (Lipinski definition) is 2. The normalized spacial score (nSPS) is 10.6. The van der Waals surface area contributed by atoms with Gasteiger partial charge in [0.1, 0.15) is 5.75 Å². The van der Waals surface area contributed by atoms with E-state index in [1.165, 1.54) is 6.21 Å². The van der Waals surface area contributed by atoms with Crippen molar-refractivity contribution in [1.82, 2.24) is 10.7 Å². The summed E-state index contributed by atoms with van der Waals surface area (Å²) >= 11 is 0. The van der Waals surface area contributed by atoms with Crippen LogP contribution in [0.25, 0.3) is 0 Å². The monoisotopic (exact) mass is 367 g/mol. The third kappa shape index (κ3) is 7.32. The highest BCUT2D eigenvalue weighted by molar-refractivity contribution is 5.96. The number of carbonyl (C=O) groups excluding carboxylic acids is 2. The molecule has 0 aliphatic rings. The Balaban J connectivity index is 1.73. The van der Waals surface area contributed by atoms with Gasteiger partial charge < -0.3 is 10.1 Å². The van der Waals surface area contributed by atoms with E-state index in [9.17, 15) is 9.59 Å². The van der Waals surface area contributed by atoms with Crippen LogP contribution in [0.1, 0.15) is 41.3 Å². The molecule has 142 valence electrons. The fraction of sp³-hybridized carbons (Fsp3) is 0.286. The van der Waals surface area contributed by atoms with Crippen LogP contribution in [0.4, 0.5) is 0 Å². The van der Waals surface area contributed by atoms with Gasteiger partial charge in [-0.2, -0.15) is 5.10 Å². The highest BCUT2D eigenvalue weighted by Gasteiger charge is 2.07. The summed E-state index contributed by atoms with van der Waals surface area (Å²) in [6.07, 6.45) is 3.65. The van der Waals surface area contributed by atoms with Crippen LogP contribution in [0.2, 0.25) is 0 Å². The summed E-state index contributed by atoms with van der Waals surface area (Å²) in [5.41, 5.74) is 4.73. The minimum absolute atomic E-state index is 0.145. The molecule has 2 rings (SSSR count). The summed E-state index contributed by atoms with van der Waals surface area (Å²) < 4.78 is 5.59. The van der Waals surface area contributed by atoms with Crippen molar-refractivity contribution in [2.45, 2.75) is 26.7 Å². The van der Waals surface area contributed by atoms with E-state index in [1.807, 2.05) is 37.3 Å². The molecule has 0 aliphatic carbocycles. The number of nitrogens with zero attached hydrogens (tertiary/aromatic N) is 1. The topological polar surface area (TPSA) is 79.8 Å². The van der Waals surface area contributed by atoms with Crippen molar-refractivity contribution >= 4 is 18.0 Å². The molecule has 2 aromatic rings. The Bertz CT molecular complexity index is 786. The highest BCUT2D eigenvalue weighted by atomic mass is 16.5. The summed E-state index contributed by atoms with van der Waals surface area (Å²) in [5.74, 6) is 0.117. The summed E-state index contributed by atoms with van der Waals surface area (Å²) in [4.78, 5) is 23.8. The molecule has 0 aliphatic heterocycles. The molecule has 0 aromatic heterocycles. The van der Waals surface area contributed by atoms with Gasteiger partial charge in [-0.25, -0.2) is 5.43 Å². The minimum Gasteiger partial charge on any atom is -0.494 e. The van der Waals surface area contributed by atoms with Gasteiger partial charge >= 0.3 is 0 Å². The van der Waals surface area contributed by atoms with Gasteiger partial charge in [0.05, 0.1) is 19.4 Å². The average molecular weight is 367 g/mol. The number of nitrogens with one attached hydrogen (secondary N) is 2. The molecule has 2 aromatic carbocycles. The van der Waals surface area contributed by atoms with Gasteiger partial charge in [0.15, 0.2) is 0 Å². The number of rotatable bonds is 9. The van der Waals surface area contributed by atoms with Crippen LogP contribution in [0, 0.1) is 6.92 Å². The summed E-state index contributed by atoms with van der Waals surface area (Å²) in [6.45, 7) is 4.58. The first-order valence-corrected chi connectivity index (χ1v) is 8.98. The maximum absolute atomic E-state index is 12.0. The predicted octanol–water partition coefficient (Wildman–Crippen LogP) is 3.05. The van der Waals surface area contributed by atoms with Crippen LogP contribution >= 0.6 is 0 Å². The second-order valence-corrected chi connectivity index (χ2v) is 6.12. The lowest BCUT2D eigenvalue weighted by molar-refractivity contribution is -0.120. The van der Waals surface area contributed by atoms with Crippen molar-refractivity contribution in [3.05, 3.63) is 65.2 Å². The Kier molecular flexibility index (Phi) is 8.03. The number of hydrogen-bond acceptors (Lipinski definition) is 4. The Labute approximate surface area is 159 Å². The minimum atomic E-state index is -0.397. The zero-order chi connectivity index (χ0) is 19.5. The van der Waals surface area contributed by atoms with Crippen LogP contribution in [-0.2, 0) is 4.79 Å². The second-order valence-electron chi connectivity index (χ2n) is 6.12. The number of carbonyl (C=O) groups is 2. The van der Waals surface area contributed by atoms with E-state index >= 15 is 0 Å². The number of benzene rings is 2. The van der Waals surface area contributed by atoms with Crippen molar-refractivity contribution in [2.75, 3.05) is 13.2 Å². The largest absolute Gasteiger partial charge is 0.494 e. The van der Waals surface area contributed by atoms with Crippen LogP contribution in [0.15, 0.2) is 53.6 Å². The quantitative estimate of drug-likeness (QED) is 0.406. The molecule has 0 atom stereocenters. The molecule has 0 saturated carbocycles. The molecule has 0 unspecified atom stereocenters. The summed E-state index contributed by atoms with van der Waals surface area (Å²) in [7, 11) is 0. The Morgan fingerprint density at radius 3 is 2.63 bits per heavy atom. The van der Waals surface area contributed by atoms with Crippen LogP contribution < -0.4 is 15.5 Å². The third-order valence-corrected chi connectivity index (χ3v) is 3.74. The molecule has 27 heavy (non-hydrogen) atoms. The lowest BCUT2D eigenvalue weighted by atomic mass is 10.1. The first-order valence-electron chi connectivity index (χ1n) is 8.98. The van der Waals surface area contributed by atoms with Gasteiger partial charge in [-0.05, 0) is 55.3 Å². The Morgan fingerprint density at radius 2 is 1.93 bits per heavy atom. The van der Waals surface area contributed by atoms with Crippen molar-refractivity contribution in [1.29, 1.82) is 0 Å². The zero-order valence-electron chi connectivity index (χ0n) is 15.7. The van der Waals surface area contributed by atoms with Crippen LogP contribution in [0.5, 0.6) is 5.75 Å². The van der Waals surface area contributed by atoms with E-state index in [2.05, 4.69) is 22.8 Å². The summed E-state index contributed by atoms with van der Waals surface area (Å²) in [5, 5.41) is 6.46. The van der Waals surface area contributed by atoms with E-state index in [0.29, 0.717) is 12.2 Å². The van der Waals surface area contributed by atoms with Gasteiger partial charge in [-0.3, -0.25) is 9.59 Å². The lowest BCUT2D eigenvalue weighted by Crippen LogP contribution is -2.34. The molecule has 0 saturated heterocycles. The predicted molar refractivity (Wildman–Crippen MR) is 106 cm³/mol. The fourth-order valence-corrected chi connectivity index (χ4v) is 2.25. The van der Waals surface area contributed by atoms with Gasteiger partial charge in [-0.1, -0.05) is 31.0 Å². The number of hydrazone groups is 1. The smallest absolute Gasteiger partial charge is 0.259 e. The van der Waals surface area contributed by atoms with Crippen molar-refractivity contribution < 1.29 is 14.3 Å². The molecule has 0 radical (unpaired) electrons. The van der Waals surface area contributed by atoms with Gasteiger partial charge in [0.25, 0.3) is 11.8 Å². The molecular weight excluding hydrogens is 342 g/mol. The zero-order valence-corrected chi connectivity index (χ0v) is 15.7. The molecule has 2 amide bonds. The Morgan fingerprint density at radius 1 is 1.15 bits per heavy atom. The Hall–Kier alpha value is -3.15.